The molecule has 10 nitrogen and oxygen atoms in total. The summed E-state index contributed by atoms with van der Waals surface area (Å²) in [5.74, 6) is -0.0181. The minimum absolute atomic E-state index is 0.0195. The summed E-state index contributed by atoms with van der Waals surface area (Å²) in [5, 5.41) is 15.9. The second-order valence-corrected chi connectivity index (χ2v) is 13.7. The third kappa shape index (κ3) is 10.2. The van der Waals surface area contributed by atoms with Crippen molar-refractivity contribution in [1.29, 1.82) is 5.41 Å². The fourth-order valence-electron chi connectivity index (χ4n) is 4.21. The number of hydrogen-bond donors (Lipinski definition) is 3. The number of alkyl carbamates (subject to hydrolysis) is 1. The lowest BCUT2D eigenvalue weighted by Crippen LogP contribution is -2.34. The van der Waals surface area contributed by atoms with E-state index in [2.05, 4.69) is 5.32 Å². The van der Waals surface area contributed by atoms with Gasteiger partial charge < -0.3 is 9.47 Å². The Morgan fingerprint density at radius 1 is 0.844 bits per heavy atom. The maximum Gasteiger partial charge on any atom is 0.415 e. The number of hydrogen-bond acceptors (Lipinski definition) is 7. The molecule has 2 amide bonds. The van der Waals surface area contributed by atoms with Crippen molar-refractivity contribution in [3.63, 3.8) is 0 Å². The van der Waals surface area contributed by atoms with E-state index in [4.69, 9.17) is 54.8 Å². The topological polar surface area (TPSA) is 152 Å². The molecule has 0 aliphatic heterocycles. The average molecular weight is 690 g/mol. The summed E-state index contributed by atoms with van der Waals surface area (Å²) in [7, 11) is -3.95. The number of amides is 2. The molecule has 4 aromatic carbocycles. The number of amidine groups is 1. The number of sulfonamides is 1. The first kappa shape index (κ1) is 33.8. The molecule has 0 spiro atoms. The van der Waals surface area contributed by atoms with Gasteiger partial charge >= 0.3 is 12.2 Å². The van der Waals surface area contributed by atoms with E-state index in [0.29, 0.717) is 22.3 Å². The van der Waals surface area contributed by atoms with Crippen molar-refractivity contribution in [2.24, 2.45) is 5.14 Å². The number of ether oxygens (including phenoxy) is 2. The number of nitrogens with zero attached hydrogens (tertiary/aromatic N) is 1. The number of nitrogens with one attached hydrogen (secondary N) is 2. The molecular formula is C31H27Cl3N4O6S. The lowest BCUT2D eigenvalue weighted by molar-refractivity contribution is 0.146. The zero-order valence-electron chi connectivity index (χ0n) is 23.5. The van der Waals surface area contributed by atoms with Crippen molar-refractivity contribution >= 4 is 62.8 Å². The monoisotopic (exact) mass is 688 g/mol. The zero-order chi connectivity index (χ0) is 32.6. The molecule has 234 valence electrons. The van der Waals surface area contributed by atoms with Crippen LogP contribution in [-0.2, 0) is 27.8 Å². The maximum absolute atomic E-state index is 13.4. The summed E-state index contributed by atoms with van der Waals surface area (Å²) >= 11 is 16.8. The normalized spacial score (nSPS) is 11.4. The Morgan fingerprint density at radius 3 is 2.13 bits per heavy atom. The molecule has 0 fully saturated rings. The third-order valence-electron chi connectivity index (χ3n) is 6.22. The molecule has 0 saturated heterocycles. The van der Waals surface area contributed by atoms with Crippen LogP contribution < -0.4 is 15.2 Å². The van der Waals surface area contributed by atoms with Crippen LogP contribution in [0.1, 0.15) is 16.7 Å². The van der Waals surface area contributed by atoms with Crippen LogP contribution in [0, 0.1) is 5.41 Å². The predicted molar refractivity (Wildman–Crippen MR) is 173 cm³/mol. The number of halogens is 3. The van der Waals surface area contributed by atoms with E-state index in [9.17, 15) is 18.0 Å². The number of nitrogens with two attached hydrogens (primary N) is 1. The molecule has 0 aliphatic carbocycles. The van der Waals surface area contributed by atoms with Crippen molar-refractivity contribution in [3.05, 3.63) is 120 Å². The Kier molecular flexibility index (Phi) is 11.1. The SMILES string of the molecule is N=C(NC(=O)OCC(Cl)(Cl)Cl)c1cccc(CN(Cc2ccccc2)C(=O)Oc2ccc(-c3ccccc3S(N)(=O)=O)cc2)c1. The van der Waals surface area contributed by atoms with Gasteiger partial charge in [0.25, 0.3) is 0 Å². The van der Waals surface area contributed by atoms with Crippen LogP contribution in [0.3, 0.4) is 0 Å². The van der Waals surface area contributed by atoms with Crippen molar-refractivity contribution in [1.82, 2.24) is 10.2 Å². The van der Waals surface area contributed by atoms with E-state index in [1.54, 1.807) is 66.7 Å². The van der Waals surface area contributed by atoms with Gasteiger partial charge in [0.15, 0.2) is 0 Å². The zero-order valence-corrected chi connectivity index (χ0v) is 26.5. The number of alkyl halides is 3. The van der Waals surface area contributed by atoms with Gasteiger partial charge in [-0.05, 0) is 41.0 Å². The van der Waals surface area contributed by atoms with E-state index < -0.39 is 32.6 Å². The number of carbonyl (C=O) groups is 2. The Hall–Kier alpha value is -4.13. The van der Waals surface area contributed by atoms with Crippen LogP contribution in [0.25, 0.3) is 11.1 Å². The second-order valence-electron chi connectivity index (χ2n) is 9.67. The second kappa shape index (κ2) is 14.8. The predicted octanol–water partition coefficient (Wildman–Crippen LogP) is 6.62. The smallest absolute Gasteiger partial charge is 0.415 e. The minimum Gasteiger partial charge on any atom is -0.445 e. The molecule has 0 aliphatic rings. The number of carbonyl (C=O) groups excluding carboxylic acids is 2. The Morgan fingerprint density at radius 2 is 1.47 bits per heavy atom. The molecular weight excluding hydrogens is 663 g/mol. The highest BCUT2D eigenvalue weighted by Gasteiger charge is 2.23. The van der Waals surface area contributed by atoms with Crippen LogP contribution in [0.15, 0.2) is 108 Å². The van der Waals surface area contributed by atoms with Gasteiger partial charge in [0.05, 0.1) is 4.90 Å². The fourth-order valence-corrected chi connectivity index (χ4v) is 5.14. The van der Waals surface area contributed by atoms with Gasteiger partial charge in [-0.3, -0.25) is 15.6 Å². The lowest BCUT2D eigenvalue weighted by Gasteiger charge is -2.23. The molecule has 14 heteroatoms. The van der Waals surface area contributed by atoms with Crippen molar-refractivity contribution < 1.29 is 27.5 Å². The van der Waals surface area contributed by atoms with Crippen LogP contribution in [-0.4, -0.2) is 41.7 Å². The highest BCUT2D eigenvalue weighted by atomic mass is 35.6. The van der Waals surface area contributed by atoms with Gasteiger partial charge in [0.2, 0.25) is 13.8 Å². The third-order valence-corrected chi connectivity index (χ3v) is 7.52. The van der Waals surface area contributed by atoms with Crippen LogP contribution >= 0.6 is 34.8 Å². The van der Waals surface area contributed by atoms with Gasteiger partial charge in [-0.25, -0.2) is 23.1 Å². The summed E-state index contributed by atoms with van der Waals surface area (Å²) < 4.78 is 32.8. The largest absolute Gasteiger partial charge is 0.445 e. The molecule has 0 unspecified atom stereocenters. The molecule has 0 aromatic heterocycles. The molecule has 4 N–H and O–H groups in total. The fraction of sp³-hybridized carbons (Fsp3) is 0.129. The summed E-state index contributed by atoms with van der Waals surface area (Å²) in [6.07, 6.45) is -1.62. The number of primary sulfonamides is 1. The minimum atomic E-state index is -3.95. The van der Waals surface area contributed by atoms with Gasteiger partial charge in [0.1, 0.15) is 18.2 Å². The maximum atomic E-state index is 13.4. The number of benzene rings is 4. The van der Waals surface area contributed by atoms with E-state index in [1.165, 1.54) is 11.0 Å². The van der Waals surface area contributed by atoms with E-state index in [-0.39, 0.29) is 29.6 Å². The summed E-state index contributed by atoms with van der Waals surface area (Å²) in [5.41, 5.74) is 2.84. The van der Waals surface area contributed by atoms with Gasteiger partial charge in [-0.1, -0.05) is 114 Å². The van der Waals surface area contributed by atoms with Gasteiger partial charge in [-0.15, -0.1) is 0 Å². The highest BCUT2D eigenvalue weighted by Crippen LogP contribution is 2.29. The van der Waals surface area contributed by atoms with Crippen molar-refractivity contribution in [2.75, 3.05) is 6.61 Å². The Balaban J connectivity index is 1.50. The standard InChI is InChI=1S/C31H27Cl3N4O6S/c32-31(33,34)20-43-29(39)37-28(35)24-10-6-9-22(17-24)19-38(18-21-7-2-1-3-8-21)30(40)44-25-15-13-23(14-16-25)26-11-4-5-12-27(26)45(36,41)42/h1-17H,18-20H2,(H2,35,37,39)(H2,36,41,42). The first-order chi connectivity index (χ1) is 21.3. The first-order valence-corrected chi connectivity index (χ1v) is 15.9. The molecule has 0 radical (unpaired) electrons. The molecule has 0 heterocycles. The Labute approximate surface area is 275 Å². The summed E-state index contributed by atoms with van der Waals surface area (Å²) in [6, 6.07) is 28.7. The molecule has 0 saturated carbocycles. The van der Waals surface area contributed by atoms with Crippen LogP contribution in [0.2, 0.25) is 0 Å². The summed E-state index contributed by atoms with van der Waals surface area (Å²) in [6.45, 7) is -0.186. The Bertz CT molecular complexity index is 1780. The van der Waals surface area contributed by atoms with Crippen LogP contribution in [0.4, 0.5) is 9.59 Å². The number of rotatable bonds is 9. The van der Waals surface area contributed by atoms with E-state index in [0.717, 1.165) is 5.56 Å². The molecule has 4 aromatic rings. The molecule has 0 atom stereocenters. The molecule has 45 heavy (non-hydrogen) atoms. The van der Waals surface area contributed by atoms with E-state index in [1.807, 2.05) is 30.3 Å². The average Bonchev–Trinajstić information content (AvgIpc) is 3.00. The van der Waals surface area contributed by atoms with Gasteiger partial charge in [-0.2, -0.15) is 0 Å². The quantitative estimate of drug-likeness (QED) is 0.102. The highest BCUT2D eigenvalue weighted by molar-refractivity contribution is 7.89. The van der Waals surface area contributed by atoms with Gasteiger partial charge in [0, 0.05) is 24.2 Å². The summed E-state index contributed by atoms with van der Waals surface area (Å²) in [4.78, 5) is 26.9. The van der Waals surface area contributed by atoms with Crippen LogP contribution in [0.5, 0.6) is 5.75 Å². The first-order valence-electron chi connectivity index (χ1n) is 13.2. The van der Waals surface area contributed by atoms with Crippen molar-refractivity contribution in [3.8, 4) is 16.9 Å². The lowest BCUT2D eigenvalue weighted by atomic mass is 10.1. The molecule has 4 rings (SSSR count). The van der Waals surface area contributed by atoms with Crippen molar-refractivity contribution in [2.45, 2.75) is 21.8 Å². The van der Waals surface area contributed by atoms with E-state index >= 15 is 0 Å². The molecule has 0 bridgehead atoms.